The molecule has 1 saturated heterocycles. The van der Waals surface area contributed by atoms with Crippen LogP contribution in [-0.4, -0.2) is 61.7 Å². The summed E-state index contributed by atoms with van der Waals surface area (Å²) in [5.74, 6) is 1.86. The van der Waals surface area contributed by atoms with Gasteiger partial charge < -0.3 is 20.4 Å². The molecule has 1 aliphatic heterocycles. The number of nitrogens with one attached hydrogen (secondary N) is 2. The molecule has 0 spiro atoms. The molecule has 1 aliphatic rings. The van der Waals surface area contributed by atoms with Crippen LogP contribution in [0.15, 0.2) is 23.2 Å². The maximum Gasteiger partial charge on any atom is 0.191 e. The Balaban J connectivity index is 1.93. The fourth-order valence-electron chi connectivity index (χ4n) is 3.04. The Kier molecular flexibility index (Phi) is 7.50. The Morgan fingerprint density at radius 2 is 2.04 bits per heavy atom. The topological polar surface area (TPSA) is 55.8 Å². The van der Waals surface area contributed by atoms with Crippen molar-refractivity contribution in [2.24, 2.45) is 4.99 Å². The summed E-state index contributed by atoms with van der Waals surface area (Å²) in [6.07, 6.45) is 2.33. The van der Waals surface area contributed by atoms with Crippen molar-refractivity contribution in [3.63, 3.8) is 0 Å². The Labute approximate surface area is 152 Å². The Hall–Kier alpha value is -1.82. The lowest BCUT2D eigenvalue weighted by atomic mass is 10.0. The minimum absolute atomic E-state index is 0.494. The molecule has 140 valence electrons. The molecule has 0 unspecified atom stereocenters. The van der Waals surface area contributed by atoms with Crippen LogP contribution in [0.25, 0.3) is 0 Å². The van der Waals surface area contributed by atoms with Crippen LogP contribution in [0.3, 0.4) is 0 Å². The summed E-state index contributed by atoms with van der Waals surface area (Å²) >= 11 is 0. The van der Waals surface area contributed by atoms with E-state index in [1.54, 1.807) is 0 Å². The molecular weight excluding hydrogens is 312 g/mol. The molecule has 0 aliphatic carbocycles. The van der Waals surface area contributed by atoms with Crippen molar-refractivity contribution in [3.05, 3.63) is 23.9 Å². The summed E-state index contributed by atoms with van der Waals surface area (Å²) in [4.78, 5) is 13.9. The van der Waals surface area contributed by atoms with Crippen molar-refractivity contribution in [2.75, 3.05) is 38.6 Å². The monoisotopic (exact) mass is 346 g/mol. The fraction of sp³-hybridized carbons (Fsp3) is 0.684. The van der Waals surface area contributed by atoms with Gasteiger partial charge in [0.25, 0.3) is 0 Å². The minimum atomic E-state index is 0.494. The number of likely N-dealkylation sites (tertiary alicyclic amines) is 1. The summed E-state index contributed by atoms with van der Waals surface area (Å²) in [5.41, 5.74) is 0.984. The number of pyridine rings is 1. The molecule has 2 heterocycles. The molecule has 6 nitrogen and oxygen atoms in total. The van der Waals surface area contributed by atoms with Crippen molar-refractivity contribution < 1.29 is 0 Å². The van der Waals surface area contributed by atoms with E-state index in [9.17, 15) is 0 Å². The third-order valence-corrected chi connectivity index (χ3v) is 4.59. The zero-order chi connectivity index (χ0) is 18.2. The second kappa shape index (κ2) is 9.61. The second-order valence-corrected chi connectivity index (χ2v) is 7.13. The number of hydrogen-bond donors (Lipinski definition) is 2. The van der Waals surface area contributed by atoms with Gasteiger partial charge in [0.2, 0.25) is 0 Å². The highest BCUT2D eigenvalue weighted by Gasteiger charge is 2.21. The first-order valence-electron chi connectivity index (χ1n) is 9.41. The first-order chi connectivity index (χ1) is 12.0. The number of aliphatic imine (C=N–C) groups is 1. The van der Waals surface area contributed by atoms with Crippen LogP contribution in [0, 0.1) is 0 Å². The first kappa shape index (κ1) is 19.5. The summed E-state index contributed by atoms with van der Waals surface area (Å²) in [6.45, 7) is 10.4. The largest absolute Gasteiger partial charge is 0.363 e. The highest BCUT2D eigenvalue weighted by atomic mass is 15.2. The average molecular weight is 347 g/mol. The van der Waals surface area contributed by atoms with Crippen molar-refractivity contribution in [1.82, 2.24) is 20.5 Å². The van der Waals surface area contributed by atoms with Crippen LogP contribution in [0.1, 0.15) is 39.3 Å². The van der Waals surface area contributed by atoms with Gasteiger partial charge in [-0.05, 0) is 45.7 Å². The molecule has 0 bridgehead atoms. The predicted octanol–water partition coefficient (Wildman–Crippen LogP) is 2.08. The van der Waals surface area contributed by atoms with Crippen LogP contribution >= 0.6 is 0 Å². The Morgan fingerprint density at radius 1 is 1.32 bits per heavy atom. The Bertz CT molecular complexity index is 547. The number of guanidine groups is 1. The number of piperidine rings is 1. The van der Waals surface area contributed by atoms with Crippen LogP contribution in [0.4, 0.5) is 5.82 Å². The summed E-state index contributed by atoms with van der Waals surface area (Å²) < 4.78 is 0. The van der Waals surface area contributed by atoms with Gasteiger partial charge in [0, 0.05) is 45.8 Å². The molecule has 0 atom stereocenters. The van der Waals surface area contributed by atoms with Crippen molar-refractivity contribution in [3.8, 4) is 0 Å². The van der Waals surface area contributed by atoms with Crippen LogP contribution in [0.2, 0.25) is 0 Å². The van der Waals surface area contributed by atoms with Crippen LogP contribution < -0.4 is 15.5 Å². The quantitative estimate of drug-likeness (QED) is 0.610. The van der Waals surface area contributed by atoms with Gasteiger partial charge in [0.05, 0.1) is 12.2 Å². The Morgan fingerprint density at radius 3 is 2.64 bits per heavy atom. The predicted molar refractivity (Wildman–Crippen MR) is 106 cm³/mol. The van der Waals surface area contributed by atoms with Crippen molar-refractivity contribution >= 4 is 11.8 Å². The lowest BCUT2D eigenvalue weighted by molar-refractivity contribution is 0.167. The average Bonchev–Trinajstić information content (AvgIpc) is 2.60. The van der Waals surface area contributed by atoms with E-state index in [1.165, 1.54) is 0 Å². The first-order valence-corrected chi connectivity index (χ1v) is 9.41. The summed E-state index contributed by atoms with van der Waals surface area (Å²) in [5, 5.41) is 6.96. The molecule has 1 fully saturated rings. The zero-order valence-electron chi connectivity index (χ0n) is 16.4. The van der Waals surface area contributed by atoms with E-state index in [1.807, 2.05) is 37.2 Å². The van der Waals surface area contributed by atoms with Gasteiger partial charge in [-0.1, -0.05) is 6.07 Å². The fourth-order valence-corrected chi connectivity index (χ4v) is 3.04. The second-order valence-electron chi connectivity index (χ2n) is 7.13. The molecule has 25 heavy (non-hydrogen) atoms. The van der Waals surface area contributed by atoms with E-state index < -0.39 is 0 Å². The highest BCUT2D eigenvalue weighted by molar-refractivity contribution is 5.80. The lowest BCUT2D eigenvalue weighted by Crippen LogP contribution is -2.49. The smallest absolute Gasteiger partial charge is 0.191 e. The van der Waals surface area contributed by atoms with Gasteiger partial charge in [-0.25, -0.2) is 9.98 Å². The van der Waals surface area contributed by atoms with Gasteiger partial charge in [-0.3, -0.25) is 0 Å². The molecule has 2 N–H and O–H groups in total. The normalized spacial score (nSPS) is 17.0. The number of hydrogen-bond acceptors (Lipinski definition) is 4. The van der Waals surface area contributed by atoms with Crippen LogP contribution in [-0.2, 0) is 6.54 Å². The maximum atomic E-state index is 4.73. The zero-order valence-corrected chi connectivity index (χ0v) is 16.4. The van der Waals surface area contributed by atoms with Gasteiger partial charge >= 0.3 is 0 Å². The minimum Gasteiger partial charge on any atom is -0.363 e. The molecule has 2 rings (SSSR count). The highest BCUT2D eigenvalue weighted by Crippen LogP contribution is 2.13. The number of anilines is 1. The molecule has 1 aromatic heterocycles. The van der Waals surface area contributed by atoms with E-state index in [4.69, 9.17) is 4.99 Å². The molecular formula is C19H34N6. The molecule has 0 saturated carbocycles. The SMILES string of the molecule is CCNC(=NCc1cccc(N(C)C)n1)NC1CCN(C(C)C)CC1. The van der Waals surface area contributed by atoms with E-state index in [0.29, 0.717) is 18.6 Å². The van der Waals surface area contributed by atoms with Crippen molar-refractivity contribution in [2.45, 2.75) is 52.2 Å². The lowest BCUT2D eigenvalue weighted by Gasteiger charge is -2.35. The maximum absolute atomic E-state index is 4.73. The summed E-state index contributed by atoms with van der Waals surface area (Å²) in [7, 11) is 4.01. The number of nitrogens with zero attached hydrogens (tertiary/aromatic N) is 4. The molecule has 6 heteroatoms. The van der Waals surface area contributed by atoms with Crippen molar-refractivity contribution in [1.29, 1.82) is 0 Å². The third kappa shape index (κ3) is 6.20. The molecule has 0 amide bonds. The summed E-state index contributed by atoms with van der Waals surface area (Å²) in [6, 6.07) is 7.21. The van der Waals surface area contributed by atoms with Gasteiger partial charge in [0.15, 0.2) is 5.96 Å². The van der Waals surface area contributed by atoms with Gasteiger partial charge in [-0.2, -0.15) is 0 Å². The van der Waals surface area contributed by atoms with E-state index in [0.717, 1.165) is 49.9 Å². The van der Waals surface area contributed by atoms with Gasteiger partial charge in [-0.15, -0.1) is 0 Å². The van der Waals surface area contributed by atoms with E-state index in [2.05, 4.69) is 41.3 Å². The molecule has 0 aromatic carbocycles. The third-order valence-electron chi connectivity index (χ3n) is 4.59. The van der Waals surface area contributed by atoms with E-state index in [-0.39, 0.29) is 0 Å². The molecule has 1 aromatic rings. The molecule has 0 radical (unpaired) electrons. The van der Waals surface area contributed by atoms with Crippen LogP contribution in [0.5, 0.6) is 0 Å². The standard InChI is InChI=1S/C19H34N6/c1-6-20-19(23-16-10-12-25(13-11-16)15(2)3)21-14-17-8-7-9-18(22-17)24(4)5/h7-9,15-16H,6,10-14H2,1-5H3,(H2,20,21,23). The number of aromatic nitrogens is 1. The van der Waals surface area contributed by atoms with E-state index >= 15 is 0 Å². The van der Waals surface area contributed by atoms with Gasteiger partial charge in [0.1, 0.15) is 5.82 Å². The number of rotatable bonds is 6.